The number of rotatable bonds is 7. The van der Waals surface area contributed by atoms with Gasteiger partial charge in [-0.25, -0.2) is 4.99 Å². The maximum atomic E-state index is 12.5. The number of furan rings is 1. The Labute approximate surface area is 192 Å². The van der Waals surface area contributed by atoms with Crippen molar-refractivity contribution in [1.29, 1.82) is 0 Å². The van der Waals surface area contributed by atoms with E-state index in [4.69, 9.17) is 4.42 Å². The van der Waals surface area contributed by atoms with Crippen molar-refractivity contribution in [2.75, 3.05) is 26.2 Å². The van der Waals surface area contributed by atoms with Crippen molar-refractivity contribution in [2.24, 2.45) is 4.99 Å². The van der Waals surface area contributed by atoms with Crippen LogP contribution in [0.5, 0.6) is 0 Å². The standard InChI is InChI=1S/C20H28N4O3S.HI/c1-3-21-19(23-14-20(2,26)17-5-4-11-27-17)22-9-6-18(25)24-10-7-16-15(13-24)8-12-28-16;/h4-5,8,11-12,26H,3,6-7,9-10,13-14H2,1-2H3,(H2,21,22,23);1H. The van der Waals surface area contributed by atoms with Gasteiger partial charge in [0.25, 0.3) is 0 Å². The molecule has 0 saturated carbocycles. The first kappa shape index (κ1) is 23.7. The second kappa shape index (κ2) is 11.0. The molecule has 0 saturated heterocycles. The average molecular weight is 532 g/mol. The third-order valence-electron chi connectivity index (χ3n) is 4.73. The Kier molecular flexibility index (Phi) is 8.97. The number of amides is 1. The predicted molar refractivity (Wildman–Crippen MR) is 126 cm³/mol. The highest BCUT2D eigenvalue weighted by Gasteiger charge is 2.26. The van der Waals surface area contributed by atoms with E-state index in [2.05, 4.69) is 27.1 Å². The minimum absolute atomic E-state index is 0. The van der Waals surface area contributed by atoms with E-state index in [0.29, 0.717) is 37.8 Å². The summed E-state index contributed by atoms with van der Waals surface area (Å²) < 4.78 is 5.28. The third-order valence-corrected chi connectivity index (χ3v) is 5.76. The number of nitrogens with zero attached hydrogens (tertiary/aromatic N) is 2. The zero-order valence-corrected chi connectivity index (χ0v) is 20.0. The van der Waals surface area contributed by atoms with E-state index in [-0.39, 0.29) is 36.4 Å². The molecule has 7 nitrogen and oxygen atoms in total. The number of guanidine groups is 1. The minimum Gasteiger partial charge on any atom is -0.466 e. The highest BCUT2D eigenvalue weighted by atomic mass is 127. The highest BCUT2D eigenvalue weighted by molar-refractivity contribution is 14.0. The summed E-state index contributed by atoms with van der Waals surface area (Å²) in [5.41, 5.74) is 0.0842. The largest absolute Gasteiger partial charge is 0.466 e. The van der Waals surface area contributed by atoms with Gasteiger partial charge in [-0.2, -0.15) is 0 Å². The molecule has 1 aliphatic heterocycles. The van der Waals surface area contributed by atoms with Crippen LogP contribution in [0.25, 0.3) is 0 Å². The van der Waals surface area contributed by atoms with E-state index in [1.54, 1.807) is 30.4 Å². The van der Waals surface area contributed by atoms with Crippen molar-refractivity contribution >= 4 is 47.2 Å². The van der Waals surface area contributed by atoms with Gasteiger partial charge in [0.1, 0.15) is 11.4 Å². The zero-order valence-electron chi connectivity index (χ0n) is 16.8. The number of aliphatic imine (C=N–C) groups is 1. The monoisotopic (exact) mass is 532 g/mol. The SMILES string of the molecule is CCNC(=NCC(C)(O)c1ccco1)NCCC(=O)N1CCc2sccc2C1.I. The number of thiophene rings is 1. The Hall–Kier alpha value is -1.59. The quantitative estimate of drug-likeness (QED) is 0.290. The van der Waals surface area contributed by atoms with Crippen LogP contribution in [0.2, 0.25) is 0 Å². The third kappa shape index (κ3) is 6.45. The van der Waals surface area contributed by atoms with Crippen molar-refractivity contribution < 1.29 is 14.3 Å². The number of halogens is 1. The molecule has 0 radical (unpaired) electrons. The minimum atomic E-state index is -1.19. The van der Waals surface area contributed by atoms with Crippen LogP contribution in [0.4, 0.5) is 0 Å². The molecule has 1 aliphatic rings. The summed E-state index contributed by atoms with van der Waals surface area (Å²) >= 11 is 1.77. The number of carbonyl (C=O) groups is 1. The average Bonchev–Trinajstić information content (AvgIpc) is 3.37. The molecule has 0 aromatic carbocycles. The van der Waals surface area contributed by atoms with Crippen LogP contribution in [-0.2, 0) is 23.4 Å². The summed E-state index contributed by atoms with van der Waals surface area (Å²) in [7, 11) is 0. The van der Waals surface area contributed by atoms with Gasteiger partial charge < -0.3 is 25.1 Å². The molecular formula is C20H29IN4O3S. The zero-order chi connectivity index (χ0) is 20.0. The number of hydrogen-bond acceptors (Lipinski definition) is 5. The van der Waals surface area contributed by atoms with Crippen LogP contribution in [0.3, 0.4) is 0 Å². The molecule has 9 heteroatoms. The lowest BCUT2D eigenvalue weighted by Crippen LogP contribution is -2.41. The second-order valence-corrected chi connectivity index (χ2v) is 8.06. The summed E-state index contributed by atoms with van der Waals surface area (Å²) in [6.07, 6.45) is 2.87. The first-order valence-corrected chi connectivity index (χ1v) is 10.5. The van der Waals surface area contributed by atoms with Crippen molar-refractivity contribution in [3.63, 3.8) is 0 Å². The first-order valence-electron chi connectivity index (χ1n) is 9.61. The normalized spacial score (nSPS) is 15.8. The molecule has 3 heterocycles. The lowest BCUT2D eigenvalue weighted by atomic mass is 10.0. The van der Waals surface area contributed by atoms with Gasteiger partial charge in [0, 0.05) is 37.5 Å². The van der Waals surface area contributed by atoms with Crippen LogP contribution in [0.1, 0.15) is 36.5 Å². The molecule has 0 aliphatic carbocycles. The number of fused-ring (bicyclic) bond motifs is 1. The van der Waals surface area contributed by atoms with E-state index in [1.807, 2.05) is 11.8 Å². The van der Waals surface area contributed by atoms with Crippen molar-refractivity contribution in [3.05, 3.63) is 46.0 Å². The number of nitrogens with one attached hydrogen (secondary N) is 2. The number of hydrogen-bond donors (Lipinski definition) is 3. The van der Waals surface area contributed by atoms with Crippen LogP contribution in [0.15, 0.2) is 39.3 Å². The molecule has 1 atom stereocenters. The molecular weight excluding hydrogens is 503 g/mol. The fourth-order valence-electron chi connectivity index (χ4n) is 3.14. The van der Waals surface area contributed by atoms with Gasteiger partial charge in [-0.3, -0.25) is 4.79 Å². The van der Waals surface area contributed by atoms with Crippen molar-refractivity contribution in [1.82, 2.24) is 15.5 Å². The van der Waals surface area contributed by atoms with E-state index in [1.165, 1.54) is 16.7 Å². The summed E-state index contributed by atoms with van der Waals surface area (Å²) in [4.78, 5) is 20.3. The molecule has 2 aromatic heterocycles. The topological polar surface area (TPSA) is 90.1 Å². The lowest BCUT2D eigenvalue weighted by Gasteiger charge is -2.27. The molecule has 1 amide bonds. The van der Waals surface area contributed by atoms with Gasteiger partial charge in [0.15, 0.2) is 5.96 Å². The summed E-state index contributed by atoms with van der Waals surface area (Å²) in [5.74, 6) is 1.18. The van der Waals surface area contributed by atoms with Gasteiger partial charge in [-0.1, -0.05) is 0 Å². The first-order chi connectivity index (χ1) is 13.5. The van der Waals surface area contributed by atoms with Crippen molar-refractivity contribution in [2.45, 2.75) is 38.8 Å². The Bertz CT molecular complexity index is 805. The molecule has 29 heavy (non-hydrogen) atoms. The lowest BCUT2D eigenvalue weighted by molar-refractivity contribution is -0.131. The molecule has 3 N–H and O–H groups in total. The fraction of sp³-hybridized carbons (Fsp3) is 0.500. The van der Waals surface area contributed by atoms with Crippen LogP contribution < -0.4 is 10.6 Å². The van der Waals surface area contributed by atoms with E-state index in [0.717, 1.165) is 13.0 Å². The van der Waals surface area contributed by atoms with Crippen LogP contribution in [0, 0.1) is 0 Å². The van der Waals surface area contributed by atoms with Gasteiger partial charge in [-0.05, 0) is 49.4 Å². The van der Waals surface area contributed by atoms with Crippen LogP contribution >= 0.6 is 35.3 Å². The Morgan fingerprint density at radius 2 is 2.24 bits per heavy atom. The molecule has 3 rings (SSSR count). The van der Waals surface area contributed by atoms with E-state index < -0.39 is 5.60 Å². The Balaban J connectivity index is 0.00000300. The number of aliphatic hydroxyl groups is 1. The van der Waals surface area contributed by atoms with Crippen LogP contribution in [-0.4, -0.2) is 48.1 Å². The summed E-state index contributed by atoms with van der Waals surface area (Å²) in [6, 6.07) is 5.58. The second-order valence-electron chi connectivity index (χ2n) is 7.06. The van der Waals surface area contributed by atoms with Gasteiger partial charge in [0.2, 0.25) is 5.91 Å². The Morgan fingerprint density at radius 3 is 2.97 bits per heavy atom. The Morgan fingerprint density at radius 1 is 1.41 bits per heavy atom. The van der Waals surface area contributed by atoms with E-state index >= 15 is 0 Å². The summed E-state index contributed by atoms with van der Waals surface area (Å²) in [5, 5.41) is 18.9. The molecule has 0 fully saturated rings. The predicted octanol–water partition coefficient (Wildman–Crippen LogP) is 2.70. The summed E-state index contributed by atoms with van der Waals surface area (Å²) in [6.45, 7) is 6.45. The molecule has 1 unspecified atom stereocenters. The molecule has 2 aromatic rings. The molecule has 0 spiro atoms. The van der Waals surface area contributed by atoms with Gasteiger partial charge >= 0.3 is 0 Å². The molecule has 0 bridgehead atoms. The fourth-order valence-corrected chi connectivity index (χ4v) is 4.03. The van der Waals surface area contributed by atoms with Gasteiger partial charge in [-0.15, -0.1) is 35.3 Å². The van der Waals surface area contributed by atoms with E-state index in [9.17, 15) is 9.90 Å². The maximum Gasteiger partial charge on any atom is 0.224 e. The molecule has 160 valence electrons. The maximum absolute atomic E-state index is 12.5. The van der Waals surface area contributed by atoms with Crippen molar-refractivity contribution in [3.8, 4) is 0 Å². The smallest absolute Gasteiger partial charge is 0.224 e. The van der Waals surface area contributed by atoms with Gasteiger partial charge in [0.05, 0.1) is 12.8 Å². The highest BCUT2D eigenvalue weighted by Crippen LogP contribution is 2.24. The number of carbonyl (C=O) groups excluding carboxylic acids is 1.